The minimum Gasteiger partial charge on any atom is -0.496 e. The van der Waals surface area contributed by atoms with Crippen LogP contribution < -0.4 is 14.2 Å². The van der Waals surface area contributed by atoms with Gasteiger partial charge in [-0.2, -0.15) is 0 Å². The summed E-state index contributed by atoms with van der Waals surface area (Å²) in [6.45, 7) is 9.44. The lowest BCUT2D eigenvalue weighted by atomic mass is 10.1. The molecule has 0 spiro atoms. The van der Waals surface area contributed by atoms with Crippen molar-refractivity contribution in [3.63, 3.8) is 0 Å². The Labute approximate surface area is 208 Å². The van der Waals surface area contributed by atoms with Gasteiger partial charge in [0.15, 0.2) is 11.5 Å². The Balaban J connectivity index is 1.45. The third-order valence-corrected chi connectivity index (χ3v) is 6.35. The van der Waals surface area contributed by atoms with Crippen LogP contribution in [0, 0.1) is 5.92 Å². The highest BCUT2D eigenvalue weighted by Crippen LogP contribution is 2.31. The van der Waals surface area contributed by atoms with E-state index in [-0.39, 0.29) is 5.91 Å². The maximum atomic E-state index is 13.6. The van der Waals surface area contributed by atoms with Crippen LogP contribution in [0.25, 0.3) is 0 Å². The molecule has 0 aliphatic carbocycles. The first-order valence-electron chi connectivity index (χ1n) is 12.7. The number of amides is 1. The molecule has 190 valence electrons. The second kappa shape index (κ2) is 12.3. The zero-order valence-electron chi connectivity index (χ0n) is 21.2. The standard InChI is InChI=1S/C28H38N2O5/c1-21(2)17-30(18-22-10-11-25-26(16-22)34-14-7-6-13-33-25)28(31)27-20-29(12-15-35-27)19-23-8-4-5-9-24(23)32-3/h4-5,8-11,16,21,27H,6-7,12-15,17-20H2,1-3H3/t27-/m1/s1. The van der Waals surface area contributed by atoms with Gasteiger partial charge >= 0.3 is 0 Å². The molecule has 35 heavy (non-hydrogen) atoms. The van der Waals surface area contributed by atoms with Gasteiger partial charge in [-0.3, -0.25) is 9.69 Å². The average molecular weight is 483 g/mol. The van der Waals surface area contributed by atoms with Crippen LogP contribution in [0.15, 0.2) is 42.5 Å². The number of carbonyl (C=O) groups excluding carboxylic acids is 1. The number of fused-ring (bicyclic) bond motifs is 1. The van der Waals surface area contributed by atoms with Crippen molar-refractivity contribution in [2.75, 3.05) is 46.6 Å². The molecule has 0 unspecified atom stereocenters. The summed E-state index contributed by atoms with van der Waals surface area (Å²) in [5, 5.41) is 0. The maximum Gasteiger partial charge on any atom is 0.253 e. The minimum absolute atomic E-state index is 0.0346. The van der Waals surface area contributed by atoms with Crippen molar-refractivity contribution < 1.29 is 23.7 Å². The van der Waals surface area contributed by atoms with Crippen LogP contribution in [0.1, 0.15) is 37.8 Å². The van der Waals surface area contributed by atoms with Crippen molar-refractivity contribution in [1.29, 1.82) is 0 Å². The number of morpholine rings is 1. The van der Waals surface area contributed by atoms with E-state index < -0.39 is 6.10 Å². The van der Waals surface area contributed by atoms with E-state index in [4.69, 9.17) is 18.9 Å². The molecule has 2 aromatic carbocycles. The number of ether oxygens (including phenoxy) is 4. The first-order valence-corrected chi connectivity index (χ1v) is 12.7. The topological polar surface area (TPSA) is 60.5 Å². The second-order valence-corrected chi connectivity index (χ2v) is 9.70. The fraction of sp³-hybridized carbons (Fsp3) is 0.536. The van der Waals surface area contributed by atoms with Crippen LogP contribution in [0.3, 0.4) is 0 Å². The minimum atomic E-state index is -0.485. The van der Waals surface area contributed by atoms with Gasteiger partial charge in [0.1, 0.15) is 11.9 Å². The van der Waals surface area contributed by atoms with Crippen LogP contribution in [0.4, 0.5) is 0 Å². The van der Waals surface area contributed by atoms with E-state index in [9.17, 15) is 4.79 Å². The maximum absolute atomic E-state index is 13.6. The van der Waals surface area contributed by atoms with Gasteiger partial charge in [-0.15, -0.1) is 0 Å². The number of hydrogen-bond acceptors (Lipinski definition) is 6. The summed E-state index contributed by atoms with van der Waals surface area (Å²) in [7, 11) is 1.69. The molecule has 7 heteroatoms. The lowest BCUT2D eigenvalue weighted by Crippen LogP contribution is -2.51. The molecular weight excluding hydrogens is 444 g/mol. The molecule has 2 aliphatic rings. The van der Waals surface area contributed by atoms with Crippen LogP contribution in [-0.2, 0) is 22.6 Å². The number of nitrogens with zero attached hydrogens (tertiary/aromatic N) is 2. The van der Waals surface area contributed by atoms with E-state index in [1.165, 1.54) is 0 Å². The Morgan fingerprint density at radius 1 is 1.09 bits per heavy atom. The van der Waals surface area contributed by atoms with Gasteiger partial charge in [0.05, 0.1) is 26.9 Å². The average Bonchev–Trinajstić information content (AvgIpc) is 2.84. The molecule has 0 saturated carbocycles. The van der Waals surface area contributed by atoms with Gasteiger partial charge in [0.2, 0.25) is 0 Å². The quantitative estimate of drug-likeness (QED) is 0.564. The van der Waals surface area contributed by atoms with Gasteiger partial charge in [0, 0.05) is 38.3 Å². The van der Waals surface area contributed by atoms with Crippen molar-refractivity contribution in [2.45, 2.75) is 45.9 Å². The van der Waals surface area contributed by atoms with Gasteiger partial charge in [0.25, 0.3) is 5.91 Å². The van der Waals surface area contributed by atoms with E-state index in [2.05, 4.69) is 24.8 Å². The first kappa shape index (κ1) is 25.3. The van der Waals surface area contributed by atoms with Crippen molar-refractivity contribution in [2.24, 2.45) is 5.92 Å². The summed E-state index contributed by atoms with van der Waals surface area (Å²) < 4.78 is 23.2. The molecule has 2 heterocycles. The summed E-state index contributed by atoms with van der Waals surface area (Å²) in [4.78, 5) is 17.8. The molecule has 2 aromatic rings. The van der Waals surface area contributed by atoms with Crippen LogP contribution in [-0.4, -0.2) is 68.4 Å². The van der Waals surface area contributed by atoms with Gasteiger partial charge < -0.3 is 23.8 Å². The second-order valence-electron chi connectivity index (χ2n) is 9.70. The molecule has 1 amide bonds. The number of hydrogen-bond donors (Lipinski definition) is 0. The molecule has 0 radical (unpaired) electrons. The fourth-order valence-corrected chi connectivity index (χ4v) is 4.62. The Hall–Kier alpha value is -2.77. The Morgan fingerprint density at radius 2 is 1.86 bits per heavy atom. The van der Waals surface area contributed by atoms with Crippen molar-refractivity contribution in [1.82, 2.24) is 9.80 Å². The number of benzene rings is 2. The van der Waals surface area contributed by atoms with Crippen molar-refractivity contribution in [3.8, 4) is 17.2 Å². The largest absolute Gasteiger partial charge is 0.496 e. The van der Waals surface area contributed by atoms with Crippen LogP contribution >= 0.6 is 0 Å². The zero-order valence-corrected chi connectivity index (χ0v) is 21.2. The molecular formula is C28H38N2O5. The van der Waals surface area contributed by atoms with E-state index in [1.807, 2.05) is 41.3 Å². The lowest BCUT2D eigenvalue weighted by Gasteiger charge is -2.36. The molecule has 4 rings (SSSR count). The summed E-state index contributed by atoms with van der Waals surface area (Å²) >= 11 is 0. The van der Waals surface area contributed by atoms with Crippen LogP contribution in [0.2, 0.25) is 0 Å². The van der Waals surface area contributed by atoms with E-state index in [1.54, 1.807) is 7.11 Å². The van der Waals surface area contributed by atoms with Gasteiger partial charge in [-0.1, -0.05) is 38.1 Å². The monoisotopic (exact) mass is 482 g/mol. The number of carbonyl (C=O) groups is 1. The van der Waals surface area contributed by atoms with E-state index in [0.717, 1.165) is 54.3 Å². The lowest BCUT2D eigenvalue weighted by molar-refractivity contribution is -0.151. The van der Waals surface area contributed by atoms with Gasteiger partial charge in [-0.25, -0.2) is 0 Å². The number of rotatable bonds is 8. The first-order chi connectivity index (χ1) is 17.0. The Kier molecular flexibility index (Phi) is 8.88. The van der Waals surface area contributed by atoms with Gasteiger partial charge in [-0.05, 0) is 42.5 Å². The van der Waals surface area contributed by atoms with Crippen molar-refractivity contribution in [3.05, 3.63) is 53.6 Å². The zero-order chi connectivity index (χ0) is 24.6. The molecule has 1 atom stereocenters. The fourth-order valence-electron chi connectivity index (χ4n) is 4.62. The van der Waals surface area contributed by atoms with E-state index >= 15 is 0 Å². The highest BCUT2D eigenvalue weighted by atomic mass is 16.5. The SMILES string of the molecule is COc1ccccc1CN1CCO[C@@H](C(=O)N(Cc2ccc3c(c2)OCCCCO3)CC(C)C)C1. The number of para-hydroxylation sites is 1. The van der Waals surface area contributed by atoms with E-state index in [0.29, 0.717) is 45.4 Å². The molecule has 1 saturated heterocycles. The normalized spacial score (nSPS) is 18.6. The predicted octanol–water partition coefficient (Wildman–Crippen LogP) is 4.13. The molecule has 0 aromatic heterocycles. The van der Waals surface area contributed by atoms with Crippen molar-refractivity contribution >= 4 is 5.91 Å². The smallest absolute Gasteiger partial charge is 0.253 e. The summed E-state index contributed by atoms with van der Waals surface area (Å²) in [6, 6.07) is 14.0. The molecule has 1 fully saturated rings. The Morgan fingerprint density at radius 3 is 2.63 bits per heavy atom. The molecule has 2 aliphatic heterocycles. The van der Waals surface area contributed by atoms with Crippen LogP contribution in [0.5, 0.6) is 17.2 Å². The Bertz CT molecular complexity index is 980. The third-order valence-electron chi connectivity index (χ3n) is 6.35. The molecule has 0 N–H and O–H groups in total. The highest BCUT2D eigenvalue weighted by Gasteiger charge is 2.31. The highest BCUT2D eigenvalue weighted by molar-refractivity contribution is 5.81. The summed E-state index contributed by atoms with van der Waals surface area (Å²) in [6.07, 6.45) is 1.49. The molecule has 0 bridgehead atoms. The summed E-state index contributed by atoms with van der Waals surface area (Å²) in [5.74, 6) is 2.78. The number of methoxy groups -OCH3 is 1. The third kappa shape index (κ3) is 6.89. The predicted molar refractivity (Wildman–Crippen MR) is 135 cm³/mol. The molecule has 7 nitrogen and oxygen atoms in total. The summed E-state index contributed by atoms with van der Waals surface area (Å²) in [5.41, 5.74) is 2.15.